The monoisotopic (exact) mass is 202 g/mol. The largest absolute Gasteiger partial charge is 0.396 e. The van der Waals surface area contributed by atoms with Gasteiger partial charge in [-0.2, -0.15) is 0 Å². The van der Waals surface area contributed by atoms with Crippen molar-refractivity contribution in [3.63, 3.8) is 0 Å². The summed E-state index contributed by atoms with van der Waals surface area (Å²) in [4.78, 5) is 0. The van der Waals surface area contributed by atoms with Gasteiger partial charge in [0.15, 0.2) is 5.79 Å². The topological polar surface area (TPSA) is 38.7 Å². The van der Waals surface area contributed by atoms with Crippen LogP contribution in [-0.2, 0) is 9.47 Å². The Labute approximate surface area is 86.4 Å². The summed E-state index contributed by atoms with van der Waals surface area (Å²) in [5.41, 5.74) is 0. The Morgan fingerprint density at radius 1 is 1.43 bits per heavy atom. The predicted octanol–water partition coefficient (Wildman–Crippen LogP) is 1.79. The van der Waals surface area contributed by atoms with Gasteiger partial charge in [0.1, 0.15) is 0 Å². The van der Waals surface area contributed by atoms with Crippen LogP contribution in [0.15, 0.2) is 0 Å². The van der Waals surface area contributed by atoms with E-state index in [4.69, 9.17) is 9.47 Å². The number of hydrogen-bond donors (Lipinski definition) is 1. The van der Waals surface area contributed by atoms with E-state index in [2.05, 4.69) is 13.8 Å². The molecule has 0 amide bonds. The van der Waals surface area contributed by atoms with Crippen molar-refractivity contribution in [3.05, 3.63) is 0 Å². The van der Waals surface area contributed by atoms with E-state index in [1.165, 1.54) is 0 Å². The second kappa shape index (κ2) is 4.60. The molecule has 2 atom stereocenters. The lowest BCUT2D eigenvalue weighted by atomic mass is 9.91. The Balaban J connectivity index is 2.38. The Bertz CT molecular complexity index is 177. The van der Waals surface area contributed by atoms with E-state index in [1.807, 2.05) is 13.8 Å². The maximum absolute atomic E-state index is 9.19. The summed E-state index contributed by atoms with van der Waals surface area (Å²) in [6.07, 6.45) is 1.03. The van der Waals surface area contributed by atoms with Crippen LogP contribution in [0.5, 0.6) is 0 Å². The Kier molecular flexibility index (Phi) is 3.93. The molecule has 0 spiro atoms. The predicted molar refractivity (Wildman–Crippen MR) is 54.9 cm³/mol. The fraction of sp³-hybridized carbons (Fsp3) is 1.00. The average molecular weight is 202 g/mol. The quantitative estimate of drug-likeness (QED) is 0.755. The number of aliphatic hydroxyl groups is 1. The summed E-state index contributed by atoms with van der Waals surface area (Å²) < 4.78 is 11.2. The maximum Gasteiger partial charge on any atom is 0.163 e. The van der Waals surface area contributed by atoms with Gasteiger partial charge in [0.05, 0.1) is 12.7 Å². The number of hydrogen-bond acceptors (Lipinski definition) is 3. The highest BCUT2D eigenvalue weighted by Crippen LogP contribution is 2.28. The molecule has 1 heterocycles. The van der Waals surface area contributed by atoms with Crippen LogP contribution in [0.4, 0.5) is 0 Å². The molecule has 0 aromatic carbocycles. The van der Waals surface area contributed by atoms with Crippen LogP contribution in [0.3, 0.4) is 0 Å². The Morgan fingerprint density at radius 3 is 2.43 bits per heavy atom. The molecule has 0 radical (unpaired) electrons. The third kappa shape index (κ3) is 3.23. The van der Waals surface area contributed by atoms with Crippen LogP contribution in [0.1, 0.15) is 34.1 Å². The molecule has 0 saturated carbocycles. The van der Waals surface area contributed by atoms with Crippen LogP contribution in [0, 0.1) is 11.8 Å². The van der Waals surface area contributed by atoms with E-state index < -0.39 is 5.79 Å². The third-order valence-corrected chi connectivity index (χ3v) is 2.81. The molecule has 1 unspecified atom stereocenters. The molecular weight excluding hydrogens is 180 g/mol. The fourth-order valence-corrected chi connectivity index (χ4v) is 1.77. The molecule has 3 heteroatoms. The second-order valence-corrected chi connectivity index (χ2v) is 4.87. The normalized spacial score (nSPS) is 28.3. The summed E-state index contributed by atoms with van der Waals surface area (Å²) in [5, 5.41) is 9.19. The molecule has 1 N–H and O–H groups in total. The van der Waals surface area contributed by atoms with Crippen molar-refractivity contribution in [1.82, 2.24) is 0 Å². The van der Waals surface area contributed by atoms with Crippen molar-refractivity contribution in [2.75, 3.05) is 13.2 Å². The molecule has 0 aliphatic carbocycles. The zero-order valence-corrected chi connectivity index (χ0v) is 9.62. The minimum atomic E-state index is -0.443. The summed E-state index contributed by atoms with van der Waals surface area (Å²) in [6.45, 7) is 8.99. The molecule has 0 aromatic heterocycles. The molecule has 0 aromatic rings. The Hall–Kier alpha value is -0.120. The number of aliphatic hydroxyl groups excluding tert-OH is 1. The lowest BCUT2D eigenvalue weighted by Gasteiger charge is -2.22. The van der Waals surface area contributed by atoms with Crippen LogP contribution in [-0.4, -0.2) is 30.2 Å². The number of ether oxygens (including phenoxy) is 2. The van der Waals surface area contributed by atoms with Crippen molar-refractivity contribution >= 4 is 0 Å². The minimum absolute atomic E-state index is 0.143. The van der Waals surface area contributed by atoms with Crippen molar-refractivity contribution in [1.29, 1.82) is 0 Å². The van der Waals surface area contributed by atoms with Gasteiger partial charge in [0.2, 0.25) is 0 Å². The number of rotatable bonds is 4. The average Bonchev–Trinajstić information content (AvgIpc) is 2.41. The molecule has 1 rings (SSSR count). The van der Waals surface area contributed by atoms with Crippen molar-refractivity contribution in [2.24, 2.45) is 11.8 Å². The molecule has 1 aliphatic rings. The molecule has 1 saturated heterocycles. The van der Waals surface area contributed by atoms with Gasteiger partial charge < -0.3 is 14.6 Å². The lowest BCUT2D eigenvalue weighted by Crippen LogP contribution is -2.25. The maximum atomic E-state index is 9.19. The molecule has 1 aliphatic heterocycles. The second-order valence-electron chi connectivity index (χ2n) is 4.87. The van der Waals surface area contributed by atoms with Gasteiger partial charge in [-0.3, -0.25) is 0 Å². The fourth-order valence-electron chi connectivity index (χ4n) is 1.77. The smallest absolute Gasteiger partial charge is 0.163 e. The van der Waals surface area contributed by atoms with Gasteiger partial charge >= 0.3 is 0 Å². The van der Waals surface area contributed by atoms with Crippen molar-refractivity contribution in [3.8, 4) is 0 Å². The minimum Gasteiger partial charge on any atom is -0.396 e. The van der Waals surface area contributed by atoms with Crippen molar-refractivity contribution < 1.29 is 14.6 Å². The van der Waals surface area contributed by atoms with Gasteiger partial charge in [0, 0.05) is 6.61 Å². The van der Waals surface area contributed by atoms with E-state index >= 15 is 0 Å². The third-order valence-electron chi connectivity index (χ3n) is 2.81. The van der Waals surface area contributed by atoms with E-state index in [1.54, 1.807) is 0 Å². The van der Waals surface area contributed by atoms with Gasteiger partial charge in [-0.05, 0) is 32.1 Å². The van der Waals surface area contributed by atoms with E-state index in [9.17, 15) is 5.11 Å². The highest BCUT2D eigenvalue weighted by molar-refractivity contribution is 4.75. The van der Waals surface area contributed by atoms with E-state index in [0.29, 0.717) is 18.4 Å². The van der Waals surface area contributed by atoms with Crippen LogP contribution >= 0.6 is 0 Å². The van der Waals surface area contributed by atoms with Crippen LogP contribution in [0.2, 0.25) is 0 Å². The van der Waals surface area contributed by atoms with Gasteiger partial charge in [-0.15, -0.1) is 0 Å². The first-order valence-electron chi connectivity index (χ1n) is 5.37. The van der Waals surface area contributed by atoms with Crippen LogP contribution < -0.4 is 0 Å². The van der Waals surface area contributed by atoms with E-state index in [0.717, 1.165) is 6.42 Å². The highest BCUT2D eigenvalue weighted by atomic mass is 16.7. The molecule has 14 heavy (non-hydrogen) atoms. The van der Waals surface area contributed by atoms with Crippen LogP contribution in [0.25, 0.3) is 0 Å². The molecule has 1 fully saturated rings. The standard InChI is InChI=1S/C11H22O3/c1-8(2)9(6-12)5-10-7-13-11(3,4)14-10/h8-10,12H,5-7H2,1-4H3/t9-,10?/m0/s1. The van der Waals surface area contributed by atoms with E-state index in [-0.39, 0.29) is 12.7 Å². The highest BCUT2D eigenvalue weighted by Gasteiger charge is 2.34. The zero-order chi connectivity index (χ0) is 10.8. The first kappa shape index (κ1) is 12.0. The first-order valence-corrected chi connectivity index (χ1v) is 5.37. The zero-order valence-electron chi connectivity index (χ0n) is 9.62. The first-order chi connectivity index (χ1) is 6.44. The summed E-state index contributed by atoms with van der Waals surface area (Å²) >= 11 is 0. The lowest BCUT2D eigenvalue weighted by molar-refractivity contribution is -0.141. The molecule has 3 nitrogen and oxygen atoms in total. The summed E-state index contributed by atoms with van der Waals surface area (Å²) in [7, 11) is 0. The summed E-state index contributed by atoms with van der Waals surface area (Å²) in [5.74, 6) is 0.367. The SMILES string of the molecule is CC(C)[C@H](CO)CC1COC(C)(C)O1. The van der Waals surface area contributed by atoms with Gasteiger partial charge in [-0.25, -0.2) is 0 Å². The van der Waals surface area contributed by atoms with Crippen molar-refractivity contribution in [2.45, 2.75) is 46.0 Å². The molecule has 0 bridgehead atoms. The summed E-state index contributed by atoms with van der Waals surface area (Å²) in [6, 6.07) is 0. The Morgan fingerprint density at radius 2 is 2.07 bits per heavy atom. The van der Waals surface area contributed by atoms with Gasteiger partial charge in [0.25, 0.3) is 0 Å². The van der Waals surface area contributed by atoms with Gasteiger partial charge in [-0.1, -0.05) is 13.8 Å². The molecular formula is C11H22O3. The molecule has 84 valence electrons.